The quantitative estimate of drug-likeness (QED) is 0.572. The van der Waals surface area contributed by atoms with Crippen molar-refractivity contribution in [1.29, 1.82) is 0 Å². The molecule has 1 aliphatic rings. The first-order chi connectivity index (χ1) is 9.56. The summed E-state index contributed by atoms with van der Waals surface area (Å²) in [6, 6.07) is 4.64. The zero-order valence-corrected chi connectivity index (χ0v) is 14.1. The highest BCUT2D eigenvalue weighted by Crippen LogP contribution is 2.30. The molecule has 0 atom stereocenters. The summed E-state index contributed by atoms with van der Waals surface area (Å²) in [6.45, 7) is 8.33. The van der Waals surface area contributed by atoms with Crippen molar-refractivity contribution in [2.45, 2.75) is 46.2 Å². The molecule has 0 amide bonds. The molecular weight excluding hydrogens is 318 g/mol. The Morgan fingerprint density at radius 3 is 2.75 bits per heavy atom. The number of halogens is 1. The Labute approximate surface area is 130 Å². The molecule has 0 aliphatic heterocycles. The molecule has 1 aromatic rings. The molecule has 1 saturated carbocycles. The van der Waals surface area contributed by atoms with Crippen molar-refractivity contribution in [2.75, 3.05) is 13.4 Å². The van der Waals surface area contributed by atoms with Gasteiger partial charge in [-0.05, 0) is 43.4 Å². The van der Waals surface area contributed by atoms with E-state index in [0.29, 0.717) is 12.8 Å². The molecule has 1 aliphatic carbocycles. The topological polar surface area (TPSA) is 30.5 Å². The molecule has 0 aromatic heterocycles. The van der Waals surface area contributed by atoms with Gasteiger partial charge in [-0.15, -0.1) is 0 Å². The Balaban J connectivity index is 1.95. The highest BCUT2D eigenvalue weighted by atomic mass is 79.9. The van der Waals surface area contributed by atoms with E-state index in [0.717, 1.165) is 34.9 Å². The summed E-state index contributed by atoms with van der Waals surface area (Å²) in [6.07, 6.45) is 2.61. The number of aryl methyl sites for hydroxylation is 1. The lowest BCUT2D eigenvalue weighted by Gasteiger charge is -2.16. The van der Waals surface area contributed by atoms with Crippen molar-refractivity contribution >= 4 is 15.9 Å². The molecule has 1 fully saturated rings. The number of benzene rings is 1. The van der Waals surface area contributed by atoms with Gasteiger partial charge in [0.1, 0.15) is 5.75 Å². The lowest BCUT2D eigenvalue weighted by atomic mass is 10.1. The Morgan fingerprint density at radius 2 is 2.10 bits per heavy atom. The van der Waals surface area contributed by atoms with Crippen LogP contribution in [0.2, 0.25) is 0 Å². The summed E-state index contributed by atoms with van der Waals surface area (Å²) in [7, 11) is 0. The first kappa shape index (κ1) is 15.8. The average molecular weight is 342 g/mol. The van der Waals surface area contributed by atoms with E-state index in [1.54, 1.807) is 0 Å². The van der Waals surface area contributed by atoms with Gasteiger partial charge in [0.05, 0.1) is 6.61 Å². The largest absolute Gasteiger partial charge is 0.467 e. The molecule has 0 unspecified atom stereocenters. The summed E-state index contributed by atoms with van der Waals surface area (Å²) in [5.74, 6) is 1.71. The SMILES string of the molecule is Cc1cc(Br)cc(CNC(C)C)c1OCOCC1CC1. The molecule has 20 heavy (non-hydrogen) atoms. The van der Waals surface area contributed by atoms with Crippen molar-refractivity contribution in [3.8, 4) is 5.75 Å². The Morgan fingerprint density at radius 1 is 1.35 bits per heavy atom. The number of hydrogen-bond acceptors (Lipinski definition) is 3. The van der Waals surface area contributed by atoms with Crippen LogP contribution in [-0.2, 0) is 11.3 Å². The maximum Gasteiger partial charge on any atom is 0.189 e. The van der Waals surface area contributed by atoms with Crippen LogP contribution in [0.4, 0.5) is 0 Å². The first-order valence-corrected chi connectivity index (χ1v) is 8.08. The standard InChI is InChI=1S/C16H24BrNO2/c1-11(2)18-8-14-7-15(17)6-12(3)16(14)20-10-19-9-13-4-5-13/h6-7,11,13,18H,4-5,8-10H2,1-3H3. The van der Waals surface area contributed by atoms with Gasteiger partial charge in [0, 0.05) is 22.6 Å². The molecule has 0 radical (unpaired) electrons. The molecule has 1 aromatic carbocycles. The molecule has 3 nitrogen and oxygen atoms in total. The van der Waals surface area contributed by atoms with Crippen LogP contribution >= 0.6 is 15.9 Å². The van der Waals surface area contributed by atoms with Crippen LogP contribution in [0.15, 0.2) is 16.6 Å². The molecule has 0 bridgehead atoms. The number of rotatable bonds is 8. The van der Waals surface area contributed by atoms with Gasteiger partial charge in [-0.25, -0.2) is 0 Å². The fraction of sp³-hybridized carbons (Fsp3) is 0.625. The van der Waals surface area contributed by atoms with Crippen LogP contribution in [0.25, 0.3) is 0 Å². The third kappa shape index (κ3) is 5.08. The normalized spacial score (nSPS) is 14.8. The summed E-state index contributed by atoms with van der Waals surface area (Å²) < 4.78 is 12.5. The molecule has 4 heteroatoms. The van der Waals surface area contributed by atoms with E-state index in [1.807, 2.05) is 0 Å². The zero-order valence-electron chi connectivity index (χ0n) is 12.5. The molecule has 112 valence electrons. The molecule has 0 spiro atoms. The lowest BCUT2D eigenvalue weighted by molar-refractivity contribution is 0.00902. The smallest absolute Gasteiger partial charge is 0.189 e. The minimum atomic E-state index is 0.341. The monoisotopic (exact) mass is 341 g/mol. The second kappa shape index (κ2) is 7.43. The summed E-state index contributed by atoms with van der Waals surface area (Å²) in [5.41, 5.74) is 2.30. The van der Waals surface area contributed by atoms with E-state index in [9.17, 15) is 0 Å². The second-order valence-corrected chi connectivity index (χ2v) is 6.74. The third-order valence-electron chi connectivity index (χ3n) is 3.35. The fourth-order valence-corrected chi connectivity index (χ4v) is 2.67. The number of ether oxygens (including phenoxy) is 2. The van der Waals surface area contributed by atoms with Crippen LogP contribution in [0.3, 0.4) is 0 Å². The second-order valence-electron chi connectivity index (χ2n) is 5.82. The Bertz CT molecular complexity index is 444. The minimum Gasteiger partial charge on any atom is -0.467 e. The molecule has 0 saturated heterocycles. The van der Waals surface area contributed by atoms with Gasteiger partial charge < -0.3 is 14.8 Å². The van der Waals surface area contributed by atoms with Gasteiger partial charge in [0.25, 0.3) is 0 Å². The van der Waals surface area contributed by atoms with E-state index in [2.05, 4.69) is 54.2 Å². The highest BCUT2D eigenvalue weighted by molar-refractivity contribution is 9.10. The number of hydrogen-bond donors (Lipinski definition) is 1. The lowest BCUT2D eigenvalue weighted by Crippen LogP contribution is -2.22. The van der Waals surface area contributed by atoms with E-state index >= 15 is 0 Å². The third-order valence-corrected chi connectivity index (χ3v) is 3.81. The van der Waals surface area contributed by atoms with Crippen molar-refractivity contribution in [1.82, 2.24) is 5.32 Å². The van der Waals surface area contributed by atoms with Crippen molar-refractivity contribution in [3.05, 3.63) is 27.7 Å². The molecular formula is C16H24BrNO2. The van der Waals surface area contributed by atoms with Crippen LogP contribution in [-0.4, -0.2) is 19.4 Å². The first-order valence-electron chi connectivity index (χ1n) is 7.29. The number of nitrogens with one attached hydrogen (secondary N) is 1. The van der Waals surface area contributed by atoms with E-state index < -0.39 is 0 Å². The van der Waals surface area contributed by atoms with E-state index in [1.165, 1.54) is 18.4 Å². The molecule has 0 heterocycles. The van der Waals surface area contributed by atoms with Crippen LogP contribution in [0.5, 0.6) is 5.75 Å². The van der Waals surface area contributed by atoms with Crippen LogP contribution < -0.4 is 10.1 Å². The zero-order chi connectivity index (χ0) is 14.5. The molecule has 2 rings (SSSR count). The van der Waals surface area contributed by atoms with Gasteiger partial charge in [0.2, 0.25) is 0 Å². The molecule has 1 N–H and O–H groups in total. The average Bonchev–Trinajstić information content (AvgIpc) is 3.17. The minimum absolute atomic E-state index is 0.341. The summed E-state index contributed by atoms with van der Waals surface area (Å²) in [5, 5.41) is 3.43. The van der Waals surface area contributed by atoms with Crippen molar-refractivity contribution < 1.29 is 9.47 Å². The van der Waals surface area contributed by atoms with Gasteiger partial charge in [0.15, 0.2) is 6.79 Å². The van der Waals surface area contributed by atoms with Gasteiger partial charge in [-0.2, -0.15) is 0 Å². The van der Waals surface area contributed by atoms with Crippen LogP contribution in [0, 0.1) is 12.8 Å². The summed E-state index contributed by atoms with van der Waals surface area (Å²) >= 11 is 3.55. The Kier molecular flexibility index (Phi) is 5.87. The van der Waals surface area contributed by atoms with E-state index in [-0.39, 0.29) is 0 Å². The maximum atomic E-state index is 5.85. The van der Waals surface area contributed by atoms with Crippen molar-refractivity contribution in [2.24, 2.45) is 5.92 Å². The van der Waals surface area contributed by atoms with Gasteiger partial charge in [-0.1, -0.05) is 29.8 Å². The highest BCUT2D eigenvalue weighted by Gasteiger charge is 2.21. The van der Waals surface area contributed by atoms with Gasteiger partial charge in [-0.3, -0.25) is 0 Å². The van der Waals surface area contributed by atoms with Crippen molar-refractivity contribution in [3.63, 3.8) is 0 Å². The maximum absolute atomic E-state index is 5.85. The van der Waals surface area contributed by atoms with E-state index in [4.69, 9.17) is 9.47 Å². The fourth-order valence-electron chi connectivity index (χ4n) is 2.05. The predicted molar refractivity (Wildman–Crippen MR) is 85.0 cm³/mol. The summed E-state index contributed by atoms with van der Waals surface area (Å²) in [4.78, 5) is 0. The Hall–Kier alpha value is -0.580. The van der Waals surface area contributed by atoms with Gasteiger partial charge >= 0.3 is 0 Å². The van der Waals surface area contributed by atoms with Crippen LogP contribution in [0.1, 0.15) is 37.8 Å². The predicted octanol–water partition coefficient (Wildman–Crippen LogP) is 4.02.